The molecule has 6 heteroatoms. The number of carbonyl (C=O) groups excluding carboxylic acids is 1. The molecule has 0 aromatic heterocycles. The van der Waals surface area contributed by atoms with Crippen molar-refractivity contribution in [1.82, 2.24) is 5.43 Å². The van der Waals surface area contributed by atoms with E-state index in [0.717, 1.165) is 5.56 Å². The fourth-order valence-corrected chi connectivity index (χ4v) is 2.02. The van der Waals surface area contributed by atoms with Crippen molar-refractivity contribution in [1.29, 1.82) is 0 Å². The van der Waals surface area contributed by atoms with Crippen LogP contribution in [0.4, 0.5) is 0 Å². The highest BCUT2D eigenvalue weighted by Crippen LogP contribution is 2.22. The van der Waals surface area contributed by atoms with Gasteiger partial charge in [0.15, 0.2) is 0 Å². The van der Waals surface area contributed by atoms with Crippen LogP contribution in [0.15, 0.2) is 47.6 Å². The van der Waals surface area contributed by atoms with E-state index in [1.54, 1.807) is 31.2 Å². The highest BCUT2D eigenvalue weighted by Gasteiger charge is 2.07. The summed E-state index contributed by atoms with van der Waals surface area (Å²) in [6.07, 6.45) is 0. The highest BCUT2D eigenvalue weighted by atomic mass is 35.5. The number of halogens is 3. The molecule has 108 valence electrons. The fraction of sp³-hybridized carbons (Fsp3) is 0.0667. The Morgan fingerprint density at radius 3 is 2.19 bits per heavy atom. The van der Waals surface area contributed by atoms with Crippen molar-refractivity contribution in [2.75, 3.05) is 0 Å². The van der Waals surface area contributed by atoms with Crippen molar-refractivity contribution in [2.45, 2.75) is 6.92 Å². The topological polar surface area (TPSA) is 41.5 Å². The standard InChI is InChI=1S/C15H11Cl3N2O/c1-9(10-2-5-12(16)6-3-10)19-20-15(21)11-4-7-13(17)14(18)8-11/h2-8H,1H3,(H,20,21)/b19-9+. The van der Waals surface area contributed by atoms with Gasteiger partial charge in [-0.25, -0.2) is 5.43 Å². The molecular formula is C15H11Cl3N2O. The Morgan fingerprint density at radius 1 is 0.952 bits per heavy atom. The van der Waals surface area contributed by atoms with Gasteiger partial charge in [0.25, 0.3) is 5.91 Å². The average Bonchev–Trinajstić information content (AvgIpc) is 2.48. The van der Waals surface area contributed by atoms with Crippen LogP contribution in [0.5, 0.6) is 0 Å². The maximum Gasteiger partial charge on any atom is 0.271 e. The lowest BCUT2D eigenvalue weighted by Gasteiger charge is -2.04. The molecule has 0 atom stereocenters. The molecule has 0 aliphatic rings. The summed E-state index contributed by atoms with van der Waals surface area (Å²) in [6.45, 7) is 1.79. The minimum Gasteiger partial charge on any atom is -0.267 e. The number of carbonyl (C=O) groups is 1. The molecule has 0 aliphatic carbocycles. The first-order valence-corrected chi connectivity index (χ1v) is 7.16. The molecule has 0 spiro atoms. The Morgan fingerprint density at radius 2 is 1.57 bits per heavy atom. The summed E-state index contributed by atoms with van der Waals surface area (Å²) in [7, 11) is 0. The number of nitrogens with one attached hydrogen (secondary N) is 1. The van der Waals surface area contributed by atoms with Crippen LogP contribution in [-0.2, 0) is 0 Å². The van der Waals surface area contributed by atoms with Crippen molar-refractivity contribution in [3.8, 4) is 0 Å². The predicted octanol–water partition coefficient (Wildman–Crippen LogP) is 4.80. The molecule has 0 fully saturated rings. The van der Waals surface area contributed by atoms with E-state index in [-0.39, 0.29) is 5.91 Å². The second-order valence-corrected chi connectivity index (χ2v) is 5.52. The van der Waals surface area contributed by atoms with Crippen LogP contribution in [0, 0.1) is 0 Å². The number of hydrogen-bond acceptors (Lipinski definition) is 2. The second-order valence-electron chi connectivity index (χ2n) is 4.27. The van der Waals surface area contributed by atoms with Gasteiger partial charge in [-0.05, 0) is 42.8 Å². The maximum atomic E-state index is 12.0. The Bertz CT molecular complexity index is 697. The Balaban J connectivity index is 2.10. The molecule has 2 rings (SSSR count). The molecule has 2 aromatic carbocycles. The molecule has 0 heterocycles. The van der Waals surface area contributed by atoms with Crippen molar-refractivity contribution in [3.05, 3.63) is 68.7 Å². The Hall–Kier alpha value is -1.55. The molecule has 1 N–H and O–H groups in total. The van der Waals surface area contributed by atoms with Crippen molar-refractivity contribution in [2.24, 2.45) is 5.10 Å². The minimum atomic E-state index is -0.359. The van der Waals surface area contributed by atoms with Gasteiger partial charge in [-0.3, -0.25) is 4.79 Å². The molecule has 0 bridgehead atoms. The summed E-state index contributed by atoms with van der Waals surface area (Å²) in [6, 6.07) is 11.8. The lowest BCUT2D eigenvalue weighted by molar-refractivity contribution is 0.0955. The second kappa shape index (κ2) is 6.94. The fourth-order valence-electron chi connectivity index (χ4n) is 1.59. The van der Waals surface area contributed by atoms with Crippen LogP contribution in [-0.4, -0.2) is 11.6 Å². The van der Waals surface area contributed by atoms with Crippen molar-refractivity contribution < 1.29 is 4.79 Å². The van der Waals surface area contributed by atoms with Gasteiger partial charge in [-0.15, -0.1) is 0 Å². The summed E-state index contributed by atoms with van der Waals surface area (Å²) in [4.78, 5) is 12.0. The van der Waals surface area contributed by atoms with Gasteiger partial charge in [0.05, 0.1) is 15.8 Å². The van der Waals surface area contributed by atoms with Crippen molar-refractivity contribution >= 4 is 46.4 Å². The van der Waals surface area contributed by atoms with Crippen molar-refractivity contribution in [3.63, 3.8) is 0 Å². The Kier molecular flexibility index (Phi) is 5.23. The molecule has 0 saturated heterocycles. The number of nitrogens with zero attached hydrogens (tertiary/aromatic N) is 1. The number of benzene rings is 2. The molecular weight excluding hydrogens is 331 g/mol. The van der Waals surface area contributed by atoms with E-state index in [9.17, 15) is 4.79 Å². The number of amides is 1. The van der Waals surface area contributed by atoms with Gasteiger partial charge in [-0.2, -0.15) is 5.10 Å². The number of hydrogen-bond donors (Lipinski definition) is 1. The van der Waals surface area contributed by atoms with E-state index in [1.165, 1.54) is 6.07 Å². The van der Waals surface area contributed by atoms with Crippen LogP contribution in [0.2, 0.25) is 15.1 Å². The molecule has 0 aliphatic heterocycles. The molecule has 1 amide bonds. The van der Waals surface area contributed by atoms with Crippen LogP contribution >= 0.6 is 34.8 Å². The zero-order valence-electron chi connectivity index (χ0n) is 11.0. The average molecular weight is 342 g/mol. The van der Waals surface area contributed by atoms with E-state index < -0.39 is 0 Å². The van der Waals surface area contributed by atoms with Gasteiger partial charge in [0.1, 0.15) is 0 Å². The SMILES string of the molecule is C/C(=N\NC(=O)c1ccc(Cl)c(Cl)c1)c1ccc(Cl)cc1. The van der Waals surface area contributed by atoms with E-state index in [1.807, 2.05) is 12.1 Å². The summed E-state index contributed by atoms with van der Waals surface area (Å²) in [5.74, 6) is -0.359. The lowest BCUT2D eigenvalue weighted by atomic mass is 10.1. The first kappa shape index (κ1) is 15.8. The van der Waals surface area contributed by atoms with Crippen LogP contribution in [0.1, 0.15) is 22.8 Å². The smallest absolute Gasteiger partial charge is 0.267 e. The number of rotatable bonds is 3. The van der Waals surface area contributed by atoms with Gasteiger partial charge < -0.3 is 0 Å². The van der Waals surface area contributed by atoms with E-state index in [0.29, 0.717) is 26.3 Å². The molecule has 3 nitrogen and oxygen atoms in total. The first-order chi connectivity index (χ1) is 9.97. The predicted molar refractivity (Wildman–Crippen MR) is 87.6 cm³/mol. The highest BCUT2D eigenvalue weighted by molar-refractivity contribution is 6.42. The van der Waals surface area contributed by atoms with E-state index in [2.05, 4.69) is 10.5 Å². The van der Waals surface area contributed by atoms with Gasteiger partial charge >= 0.3 is 0 Å². The maximum absolute atomic E-state index is 12.0. The molecule has 0 saturated carbocycles. The third kappa shape index (κ3) is 4.21. The van der Waals surface area contributed by atoms with Crippen LogP contribution in [0.3, 0.4) is 0 Å². The quantitative estimate of drug-likeness (QED) is 0.632. The van der Waals surface area contributed by atoms with Crippen LogP contribution < -0.4 is 5.43 Å². The third-order valence-corrected chi connectivity index (χ3v) is 3.76. The van der Waals surface area contributed by atoms with Gasteiger partial charge in [0, 0.05) is 10.6 Å². The minimum absolute atomic E-state index is 0.322. The van der Waals surface area contributed by atoms with E-state index in [4.69, 9.17) is 34.8 Å². The lowest BCUT2D eigenvalue weighted by Crippen LogP contribution is -2.19. The first-order valence-electron chi connectivity index (χ1n) is 6.03. The summed E-state index contributed by atoms with van der Waals surface area (Å²) >= 11 is 17.5. The molecule has 21 heavy (non-hydrogen) atoms. The summed E-state index contributed by atoms with van der Waals surface area (Å²) in [5, 5.41) is 5.41. The van der Waals surface area contributed by atoms with Crippen LogP contribution in [0.25, 0.3) is 0 Å². The number of hydrazone groups is 1. The third-order valence-electron chi connectivity index (χ3n) is 2.77. The molecule has 2 aromatic rings. The normalized spacial score (nSPS) is 11.3. The molecule has 0 radical (unpaired) electrons. The summed E-state index contributed by atoms with van der Waals surface area (Å²) in [5.41, 5.74) is 4.40. The van der Waals surface area contributed by atoms with E-state index >= 15 is 0 Å². The zero-order chi connectivity index (χ0) is 15.4. The molecule has 0 unspecified atom stereocenters. The van der Waals surface area contributed by atoms with Gasteiger partial charge in [-0.1, -0.05) is 46.9 Å². The van der Waals surface area contributed by atoms with Gasteiger partial charge in [0.2, 0.25) is 0 Å². The summed E-state index contributed by atoms with van der Waals surface area (Å²) < 4.78 is 0. The monoisotopic (exact) mass is 340 g/mol. The zero-order valence-corrected chi connectivity index (χ0v) is 13.3. The Labute approximate surface area is 137 Å². The largest absolute Gasteiger partial charge is 0.271 e.